The lowest BCUT2D eigenvalue weighted by Gasteiger charge is -2.39. The second-order valence-electron chi connectivity index (χ2n) is 4.17. The maximum atomic E-state index is 6.29. The topological polar surface area (TPSA) is 35.2 Å². The Morgan fingerprint density at radius 3 is 2.57 bits per heavy atom. The molecule has 0 bridgehead atoms. The second-order valence-corrected chi connectivity index (χ2v) is 4.17. The minimum atomic E-state index is -0.128. The van der Waals surface area contributed by atoms with Gasteiger partial charge in [-0.1, -0.05) is 18.2 Å². The molecule has 1 aliphatic carbocycles. The van der Waals surface area contributed by atoms with E-state index >= 15 is 0 Å². The lowest BCUT2D eigenvalue weighted by Crippen LogP contribution is -2.43. The molecule has 2 heteroatoms. The number of para-hydroxylation sites is 1. The van der Waals surface area contributed by atoms with E-state index in [-0.39, 0.29) is 5.54 Å². The average Bonchev–Trinajstić information content (AvgIpc) is 2.14. The van der Waals surface area contributed by atoms with Crippen LogP contribution in [-0.2, 0) is 5.54 Å². The van der Waals surface area contributed by atoms with Crippen molar-refractivity contribution in [2.24, 2.45) is 5.73 Å². The molecular formula is C12H17NO. The number of ether oxygens (including phenoxy) is 1. The molecule has 1 aliphatic rings. The molecule has 1 aromatic carbocycles. The number of rotatable bonds is 2. The van der Waals surface area contributed by atoms with Crippen LogP contribution < -0.4 is 10.5 Å². The zero-order valence-electron chi connectivity index (χ0n) is 8.84. The number of hydrogen-bond donors (Lipinski definition) is 1. The zero-order valence-corrected chi connectivity index (χ0v) is 8.84. The molecule has 0 heterocycles. The van der Waals surface area contributed by atoms with E-state index in [2.05, 4.69) is 25.1 Å². The van der Waals surface area contributed by atoms with Crippen LogP contribution in [0, 0.1) is 6.92 Å². The summed E-state index contributed by atoms with van der Waals surface area (Å²) in [6, 6.07) is 6.20. The first-order valence-corrected chi connectivity index (χ1v) is 5.10. The van der Waals surface area contributed by atoms with Crippen molar-refractivity contribution in [3.8, 4) is 5.75 Å². The Morgan fingerprint density at radius 2 is 2.07 bits per heavy atom. The summed E-state index contributed by atoms with van der Waals surface area (Å²) in [7, 11) is 1.72. The first-order chi connectivity index (χ1) is 6.67. The Balaban J connectivity index is 2.46. The summed E-state index contributed by atoms with van der Waals surface area (Å²) in [6.07, 6.45) is 3.38. The zero-order chi connectivity index (χ0) is 10.2. The fourth-order valence-corrected chi connectivity index (χ4v) is 2.14. The average molecular weight is 191 g/mol. The van der Waals surface area contributed by atoms with Crippen LogP contribution in [0.5, 0.6) is 5.75 Å². The van der Waals surface area contributed by atoms with Crippen LogP contribution in [-0.4, -0.2) is 7.11 Å². The van der Waals surface area contributed by atoms with Crippen LogP contribution in [0.4, 0.5) is 0 Å². The lowest BCUT2D eigenvalue weighted by atomic mass is 9.72. The summed E-state index contributed by atoms with van der Waals surface area (Å²) in [5, 5.41) is 0. The van der Waals surface area contributed by atoms with Gasteiger partial charge < -0.3 is 10.5 Å². The van der Waals surface area contributed by atoms with E-state index in [0.29, 0.717) is 0 Å². The maximum Gasteiger partial charge on any atom is 0.126 e. The highest BCUT2D eigenvalue weighted by molar-refractivity contribution is 5.45. The quantitative estimate of drug-likeness (QED) is 0.778. The molecule has 0 atom stereocenters. The number of aryl methyl sites for hydroxylation is 1. The summed E-state index contributed by atoms with van der Waals surface area (Å²) < 4.78 is 5.42. The maximum absolute atomic E-state index is 6.29. The van der Waals surface area contributed by atoms with E-state index in [1.807, 2.05) is 0 Å². The molecule has 2 rings (SSSR count). The number of benzene rings is 1. The summed E-state index contributed by atoms with van der Waals surface area (Å²) in [4.78, 5) is 0. The van der Waals surface area contributed by atoms with Crippen LogP contribution in [0.3, 0.4) is 0 Å². The summed E-state index contributed by atoms with van der Waals surface area (Å²) in [5.41, 5.74) is 8.50. The van der Waals surface area contributed by atoms with Gasteiger partial charge in [0.05, 0.1) is 7.11 Å². The van der Waals surface area contributed by atoms with E-state index in [9.17, 15) is 0 Å². The Morgan fingerprint density at radius 1 is 1.36 bits per heavy atom. The van der Waals surface area contributed by atoms with Gasteiger partial charge in [-0.05, 0) is 31.7 Å². The summed E-state index contributed by atoms with van der Waals surface area (Å²) in [5.74, 6) is 0.967. The van der Waals surface area contributed by atoms with Crippen LogP contribution in [0.1, 0.15) is 30.4 Å². The molecule has 0 aliphatic heterocycles. The van der Waals surface area contributed by atoms with E-state index in [4.69, 9.17) is 10.5 Å². The van der Waals surface area contributed by atoms with Crippen LogP contribution in [0.25, 0.3) is 0 Å². The number of methoxy groups -OCH3 is 1. The first-order valence-electron chi connectivity index (χ1n) is 5.10. The molecule has 0 amide bonds. The van der Waals surface area contributed by atoms with E-state index in [1.54, 1.807) is 7.11 Å². The van der Waals surface area contributed by atoms with Crippen LogP contribution >= 0.6 is 0 Å². The number of nitrogens with two attached hydrogens (primary N) is 1. The molecule has 0 saturated heterocycles. The molecule has 14 heavy (non-hydrogen) atoms. The summed E-state index contributed by atoms with van der Waals surface area (Å²) in [6.45, 7) is 2.06. The third kappa shape index (κ3) is 1.30. The van der Waals surface area contributed by atoms with Gasteiger partial charge in [0.2, 0.25) is 0 Å². The van der Waals surface area contributed by atoms with Crippen molar-refractivity contribution in [3.05, 3.63) is 29.3 Å². The molecule has 2 N–H and O–H groups in total. The molecule has 0 spiro atoms. The van der Waals surface area contributed by atoms with Gasteiger partial charge in [-0.25, -0.2) is 0 Å². The SMILES string of the molecule is COc1c(C)cccc1C1(N)CCC1. The van der Waals surface area contributed by atoms with E-state index in [1.165, 1.54) is 17.5 Å². The van der Waals surface area contributed by atoms with Crippen molar-refractivity contribution in [1.82, 2.24) is 0 Å². The van der Waals surface area contributed by atoms with E-state index in [0.717, 1.165) is 18.6 Å². The molecule has 2 nitrogen and oxygen atoms in total. The molecule has 1 aromatic rings. The van der Waals surface area contributed by atoms with Crippen molar-refractivity contribution < 1.29 is 4.74 Å². The van der Waals surface area contributed by atoms with Gasteiger partial charge in [0, 0.05) is 11.1 Å². The Bertz CT molecular complexity index is 342. The van der Waals surface area contributed by atoms with Crippen molar-refractivity contribution in [2.75, 3.05) is 7.11 Å². The smallest absolute Gasteiger partial charge is 0.126 e. The highest BCUT2D eigenvalue weighted by Crippen LogP contribution is 2.43. The van der Waals surface area contributed by atoms with Crippen LogP contribution in [0.15, 0.2) is 18.2 Å². The molecule has 0 aromatic heterocycles. The predicted octanol–water partition coefficient (Wildman–Crippen LogP) is 2.34. The molecule has 1 fully saturated rings. The van der Waals surface area contributed by atoms with Crippen molar-refractivity contribution in [3.63, 3.8) is 0 Å². The Labute approximate surface area is 85.1 Å². The molecule has 76 valence electrons. The van der Waals surface area contributed by atoms with Gasteiger partial charge >= 0.3 is 0 Å². The van der Waals surface area contributed by atoms with Crippen molar-refractivity contribution >= 4 is 0 Å². The van der Waals surface area contributed by atoms with Crippen molar-refractivity contribution in [1.29, 1.82) is 0 Å². The van der Waals surface area contributed by atoms with Crippen LogP contribution in [0.2, 0.25) is 0 Å². The van der Waals surface area contributed by atoms with Gasteiger partial charge in [0.1, 0.15) is 5.75 Å². The van der Waals surface area contributed by atoms with Gasteiger partial charge in [0.15, 0.2) is 0 Å². The van der Waals surface area contributed by atoms with Gasteiger partial charge in [-0.2, -0.15) is 0 Å². The molecular weight excluding hydrogens is 174 g/mol. The minimum Gasteiger partial charge on any atom is -0.496 e. The third-order valence-electron chi connectivity index (χ3n) is 3.20. The first kappa shape index (κ1) is 9.53. The molecule has 0 radical (unpaired) electrons. The fraction of sp³-hybridized carbons (Fsp3) is 0.500. The number of hydrogen-bond acceptors (Lipinski definition) is 2. The Kier molecular flexibility index (Phi) is 2.23. The molecule has 1 saturated carbocycles. The van der Waals surface area contributed by atoms with E-state index < -0.39 is 0 Å². The Hall–Kier alpha value is -1.02. The third-order valence-corrected chi connectivity index (χ3v) is 3.20. The molecule has 0 unspecified atom stereocenters. The standard InChI is InChI=1S/C12H17NO/c1-9-5-3-6-10(11(9)14-2)12(13)7-4-8-12/h3,5-6H,4,7-8,13H2,1-2H3. The fourth-order valence-electron chi connectivity index (χ4n) is 2.14. The van der Waals surface area contributed by atoms with Gasteiger partial charge in [-0.15, -0.1) is 0 Å². The summed E-state index contributed by atoms with van der Waals surface area (Å²) >= 11 is 0. The van der Waals surface area contributed by atoms with Gasteiger partial charge in [0.25, 0.3) is 0 Å². The van der Waals surface area contributed by atoms with Gasteiger partial charge in [-0.3, -0.25) is 0 Å². The van der Waals surface area contributed by atoms with Crippen molar-refractivity contribution in [2.45, 2.75) is 31.7 Å². The second kappa shape index (κ2) is 3.28. The minimum absolute atomic E-state index is 0.128. The monoisotopic (exact) mass is 191 g/mol. The highest BCUT2D eigenvalue weighted by atomic mass is 16.5. The normalized spacial score (nSPS) is 18.8. The highest BCUT2D eigenvalue weighted by Gasteiger charge is 2.36. The predicted molar refractivity (Wildman–Crippen MR) is 57.4 cm³/mol. The largest absolute Gasteiger partial charge is 0.496 e. The lowest BCUT2D eigenvalue weighted by molar-refractivity contribution is 0.243.